The van der Waals surface area contributed by atoms with Gasteiger partial charge in [0.15, 0.2) is 6.61 Å². The van der Waals surface area contributed by atoms with Crippen molar-refractivity contribution in [2.75, 3.05) is 26.1 Å². The summed E-state index contributed by atoms with van der Waals surface area (Å²) < 4.78 is 19.3. The van der Waals surface area contributed by atoms with E-state index in [1.807, 2.05) is 0 Å². The lowest BCUT2D eigenvalue weighted by atomic mass is 10.1. The van der Waals surface area contributed by atoms with Gasteiger partial charge < -0.3 is 23.9 Å². The quantitative estimate of drug-likeness (QED) is 0.537. The fourth-order valence-corrected chi connectivity index (χ4v) is 2.27. The van der Waals surface area contributed by atoms with E-state index < -0.39 is 30.4 Å². The van der Waals surface area contributed by atoms with Gasteiger partial charge in [-0.15, -0.1) is 0 Å². The molecular formula is C19H19NO8. The van der Waals surface area contributed by atoms with E-state index in [1.54, 1.807) is 12.1 Å². The van der Waals surface area contributed by atoms with E-state index in [0.717, 1.165) is 0 Å². The van der Waals surface area contributed by atoms with Gasteiger partial charge in [0.2, 0.25) is 0 Å². The third-order valence-electron chi connectivity index (χ3n) is 3.64. The molecule has 9 heteroatoms. The van der Waals surface area contributed by atoms with Crippen LogP contribution in [0.3, 0.4) is 0 Å². The van der Waals surface area contributed by atoms with Crippen LogP contribution >= 0.6 is 0 Å². The molecule has 0 aliphatic carbocycles. The van der Waals surface area contributed by atoms with Gasteiger partial charge >= 0.3 is 17.9 Å². The second-order valence-corrected chi connectivity index (χ2v) is 5.53. The van der Waals surface area contributed by atoms with Crippen molar-refractivity contribution in [1.82, 2.24) is 0 Å². The molecule has 9 nitrogen and oxygen atoms in total. The average molecular weight is 389 g/mol. The van der Waals surface area contributed by atoms with Crippen LogP contribution < -0.4 is 5.32 Å². The predicted molar refractivity (Wildman–Crippen MR) is 95.7 cm³/mol. The van der Waals surface area contributed by atoms with Gasteiger partial charge in [0.05, 0.1) is 43.7 Å². The molecule has 0 aliphatic rings. The lowest BCUT2D eigenvalue weighted by Gasteiger charge is -2.11. The van der Waals surface area contributed by atoms with Crippen LogP contribution in [0.1, 0.15) is 32.9 Å². The van der Waals surface area contributed by atoms with Crippen molar-refractivity contribution in [3.05, 3.63) is 53.5 Å². The first-order valence-electron chi connectivity index (χ1n) is 8.23. The first-order valence-corrected chi connectivity index (χ1v) is 8.23. The Morgan fingerprint density at radius 3 is 2.43 bits per heavy atom. The Bertz CT molecular complexity index is 857. The number of furan rings is 1. The molecule has 0 saturated heterocycles. The number of methoxy groups -OCH3 is 2. The van der Waals surface area contributed by atoms with Crippen molar-refractivity contribution in [3.8, 4) is 0 Å². The lowest BCUT2D eigenvalue weighted by molar-refractivity contribution is -0.147. The highest BCUT2D eigenvalue weighted by molar-refractivity contribution is 6.03. The summed E-state index contributed by atoms with van der Waals surface area (Å²) in [7, 11) is 2.39. The zero-order valence-corrected chi connectivity index (χ0v) is 15.4. The highest BCUT2D eigenvalue weighted by Gasteiger charge is 2.18. The molecule has 2 aromatic rings. The molecule has 0 aliphatic heterocycles. The zero-order chi connectivity index (χ0) is 20.5. The molecule has 1 aromatic heterocycles. The molecule has 1 amide bonds. The van der Waals surface area contributed by atoms with Crippen LogP contribution in [0, 0.1) is 0 Å². The third kappa shape index (κ3) is 5.70. The van der Waals surface area contributed by atoms with Crippen LogP contribution in [0.4, 0.5) is 5.69 Å². The fourth-order valence-electron chi connectivity index (χ4n) is 2.27. The Hall–Kier alpha value is -3.62. The Balaban J connectivity index is 1.97. The molecule has 148 valence electrons. The maximum absolute atomic E-state index is 12.1. The molecule has 0 unspecified atom stereocenters. The highest BCUT2D eigenvalue weighted by atomic mass is 16.5. The summed E-state index contributed by atoms with van der Waals surface area (Å²) in [5.41, 5.74) is 0.194. The number of esters is 3. The minimum absolute atomic E-state index is 0.0337. The van der Waals surface area contributed by atoms with Crippen molar-refractivity contribution in [2.45, 2.75) is 12.8 Å². The molecule has 0 bridgehead atoms. The van der Waals surface area contributed by atoms with Gasteiger partial charge in [-0.25, -0.2) is 9.59 Å². The van der Waals surface area contributed by atoms with E-state index in [1.165, 1.54) is 38.7 Å². The standard InChI is InChI=1S/C19H19NO8/c1-25-18(23)12-5-7-14(19(24)26-2)15(10-12)20-16(21)11-28-17(22)8-6-13-4-3-9-27-13/h3-5,7,9-10H,6,8,11H2,1-2H3,(H,20,21). The molecule has 1 heterocycles. The second-order valence-electron chi connectivity index (χ2n) is 5.53. The van der Waals surface area contributed by atoms with E-state index in [4.69, 9.17) is 9.15 Å². The van der Waals surface area contributed by atoms with Crippen molar-refractivity contribution >= 4 is 29.5 Å². The van der Waals surface area contributed by atoms with Gasteiger partial charge in [0.25, 0.3) is 5.91 Å². The summed E-state index contributed by atoms with van der Waals surface area (Å²) in [6.45, 7) is -0.556. The number of ether oxygens (including phenoxy) is 3. The van der Waals surface area contributed by atoms with Crippen LogP contribution in [0.15, 0.2) is 41.0 Å². The fraction of sp³-hybridized carbons (Fsp3) is 0.263. The van der Waals surface area contributed by atoms with Gasteiger partial charge in [-0.1, -0.05) is 0 Å². The SMILES string of the molecule is COC(=O)c1ccc(C(=O)OC)c(NC(=O)COC(=O)CCc2ccco2)c1. The Labute approximate surface area is 160 Å². The van der Waals surface area contributed by atoms with E-state index >= 15 is 0 Å². The second kappa shape index (κ2) is 9.91. The van der Waals surface area contributed by atoms with Crippen LogP contribution in [0.2, 0.25) is 0 Å². The minimum atomic E-state index is -0.706. The van der Waals surface area contributed by atoms with Gasteiger partial charge in [-0.05, 0) is 30.3 Å². The number of amides is 1. The van der Waals surface area contributed by atoms with E-state index in [9.17, 15) is 19.2 Å². The predicted octanol–water partition coefficient (Wildman–Crippen LogP) is 1.97. The smallest absolute Gasteiger partial charge is 0.339 e. The molecule has 2 rings (SSSR count). The number of carbonyl (C=O) groups is 4. The number of hydrogen-bond donors (Lipinski definition) is 1. The lowest BCUT2D eigenvalue weighted by Crippen LogP contribution is -2.22. The molecule has 0 atom stereocenters. The minimum Gasteiger partial charge on any atom is -0.469 e. The summed E-state index contributed by atoms with van der Waals surface area (Å²) in [6, 6.07) is 7.39. The topological polar surface area (TPSA) is 121 Å². The molecule has 28 heavy (non-hydrogen) atoms. The van der Waals surface area contributed by atoms with Gasteiger partial charge in [-0.2, -0.15) is 0 Å². The van der Waals surface area contributed by atoms with Gasteiger partial charge in [0.1, 0.15) is 5.76 Å². The molecular weight excluding hydrogens is 370 g/mol. The Kier molecular flexibility index (Phi) is 7.32. The van der Waals surface area contributed by atoms with Crippen LogP contribution in [-0.2, 0) is 30.2 Å². The Morgan fingerprint density at radius 1 is 1.04 bits per heavy atom. The van der Waals surface area contributed by atoms with E-state index in [0.29, 0.717) is 12.2 Å². The highest BCUT2D eigenvalue weighted by Crippen LogP contribution is 2.20. The maximum atomic E-state index is 12.1. The number of hydrogen-bond acceptors (Lipinski definition) is 8. The summed E-state index contributed by atoms with van der Waals surface area (Å²) in [6.07, 6.45) is 1.89. The first kappa shape index (κ1) is 20.7. The van der Waals surface area contributed by atoms with Gasteiger partial charge in [0, 0.05) is 6.42 Å². The molecule has 0 saturated carbocycles. The number of rotatable bonds is 8. The number of nitrogens with one attached hydrogen (secondary N) is 1. The normalized spacial score (nSPS) is 10.1. The van der Waals surface area contributed by atoms with Crippen molar-refractivity contribution in [2.24, 2.45) is 0 Å². The number of aryl methyl sites for hydroxylation is 1. The number of carbonyl (C=O) groups excluding carboxylic acids is 4. The summed E-state index contributed by atoms with van der Waals surface area (Å²) >= 11 is 0. The maximum Gasteiger partial charge on any atom is 0.339 e. The molecule has 0 spiro atoms. The molecule has 0 radical (unpaired) electrons. The molecule has 0 fully saturated rings. The average Bonchev–Trinajstić information content (AvgIpc) is 3.23. The van der Waals surface area contributed by atoms with E-state index in [2.05, 4.69) is 14.8 Å². The van der Waals surface area contributed by atoms with E-state index in [-0.39, 0.29) is 23.2 Å². The van der Waals surface area contributed by atoms with Crippen LogP contribution in [0.25, 0.3) is 0 Å². The molecule has 1 aromatic carbocycles. The van der Waals surface area contributed by atoms with Crippen molar-refractivity contribution in [3.63, 3.8) is 0 Å². The van der Waals surface area contributed by atoms with Gasteiger partial charge in [-0.3, -0.25) is 9.59 Å². The number of anilines is 1. The summed E-state index contributed by atoms with van der Waals surface area (Å²) in [5.74, 6) is -1.98. The first-order chi connectivity index (χ1) is 13.4. The largest absolute Gasteiger partial charge is 0.469 e. The zero-order valence-electron chi connectivity index (χ0n) is 15.4. The Morgan fingerprint density at radius 2 is 1.79 bits per heavy atom. The van der Waals surface area contributed by atoms with Crippen LogP contribution in [-0.4, -0.2) is 44.6 Å². The molecule has 1 N–H and O–H groups in total. The third-order valence-corrected chi connectivity index (χ3v) is 3.64. The number of benzene rings is 1. The van der Waals surface area contributed by atoms with Crippen molar-refractivity contribution < 1.29 is 37.8 Å². The summed E-state index contributed by atoms with van der Waals surface area (Å²) in [5, 5.41) is 2.43. The monoisotopic (exact) mass is 389 g/mol. The summed E-state index contributed by atoms with van der Waals surface area (Å²) in [4.78, 5) is 47.3. The van der Waals surface area contributed by atoms with Crippen molar-refractivity contribution in [1.29, 1.82) is 0 Å². The van der Waals surface area contributed by atoms with Crippen LogP contribution in [0.5, 0.6) is 0 Å².